The maximum atomic E-state index is 14.8. The molecule has 8 nitrogen and oxygen atoms in total. The Morgan fingerprint density at radius 3 is 2.50 bits per heavy atom. The smallest absolute Gasteiger partial charge is 0.345 e. The van der Waals surface area contributed by atoms with Gasteiger partial charge in [0.2, 0.25) is 5.91 Å². The maximum Gasteiger partial charge on any atom is 0.405 e. The largest absolute Gasteiger partial charge is 0.405 e. The van der Waals surface area contributed by atoms with E-state index in [1.807, 2.05) is 0 Å². The van der Waals surface area contributed by atoms with Gasteiger partial charge in [-0.25, -0.2) is 9.18 Å². The second-order valence-corrected chi connectivity index (χ2v) is 8.14. The molecule has 0 saturated heterocycles. The van der Waals surface area contributed by atoms with Crippen LogP contribution in [0.5, 0.6) is 0 Å². The predicted molar refractivity (Wildman–Crippen MR) is 124 cm³/mol. The molecule has 0 saturated carbocycles. The number of carbonyl (C=O) groups is 1. The topological polar surface area (TPSA) is 86.7 Å². The lowest BCUT2D eigenvalue weighted by molar-refractivity contribution is -0.138. The van der Waals surface area contributed by atoms with Crippen molar-refractivity contribution in [3.05, 3.63) is 77.4 Å². The lowest BCUT2D eigenvalue weighted by atomic mass is 10.0. The zero-order valence-corrected chi connectivity index (χ0v) is 18.8. The summed E-state index contributed by atoms with van der Waals surface area (Å²) < 4.78 is 56.0. The van der Waals surface area contributed by atoms with Crippen LogP contribution in [0.15, 0.2) is 65.8 Å². The summed E-state index contributed by atoms with van der Waals surface area (Å²) >= 11 is 0. The van der Waals surface area contributed by atoms with Gasteiger partial charge < -0.3 is 5.32 Å². The first-order valence-electron chi connectivity index (χ1n) is 10.7. The summed E-state index contributed by atoms with van der Waals surface area (Å²) in [6.45, 7) is -2.23. The Hall–Kier alpha value is -4.48. The Morgan fingerprint density at radius 2 is 1.78 bits per heavy atom. The first-order chi connectivity index (χ1) is 17.1. The van der Waals surface area contributed by atoms with Crippen molar-refractivity contribution < 1.29 is 22.4 Å². The van der Waals surface area contributed by atoms with Gasteiger partial charge in [-0.05, 0) is 29.8 Å². The van der Waals surface area contributed by atoms with Crippen LogP contribution in [0.1, 0.15) is 0 Å². The number of alkyl halides is 3. The Bertz CT molecular complexity index is 1660. The normalized spacial score (nSPS) is 11.9. The molecule has 0 bridgehead atoms. The van der Waals surface area contributed by atoms with Gasteiger partial charge in [-0.1, -0.05) is 18.2 Å². The number of carbonyl (C=O) groups excluding carboxylic acids is 1. The Kier molecular flexibility index (Phi) is 5.58. The van der Waals surface area contributed by atoms with Gasteiger partial charge in [0.05, 0.1) is 29.1 Å². The zero-order chi connectivity index (χ0) is 25.6. The highest BCUT2D eigenvalue weighted by Crippen LogP contribution is 2.29. The average Bonchev–Trinajstić information content (AvgIpc) is 3.36. The minimum Gasteiger partial charge on any atom is -0.345 e. The number of amides is 1. The number of imidazole rings is 1. The van der Waals surface area contributed by atoms with E-state index in [1.54, 1.807) is 59.9 Å². The summed E-state index contributed by atoms with van der Waals surface area (Å²) in [6, 6.07) is 10.7. The van der Waals surface area contributed by atoms with Crippen molar-refractivity contribution in [3.63, 3.8) is 0 Å². The van der Waals surface area contributed by atoms with Gasteiger partial charge >= 0.3 is 11.9 Å². The second kappa shape index (κ2) is 8.63. The number of halogens is 4. The molecule has 5 rings (SSSR count). The van der Waals surface area contributed by atoms with E-state index in [-0.39, 0.29) is 11.0 Å². The number of nitrogens with zero attached hydrogens (tertiary/aromatic N) is 5. The molecule has 0 aliphatic rings. The van der Waals surface area contributed by atoms with Crippen molar-refractivity contribution in [1.82, 2.24) is 29.2 Å². The van der Waals surface area contributed by atoms with Crippen LogP contribution in [0, 0.1) is 5.82 Å². The summed E-state index contributed by atoms with van der Waals surface area (Å²) in [4.78, 5) is 29.6. The van der Waals surface area contributed by atoms with E-state index in [2.05, 4.69) is 10.1 Å². The highest BCUT2D eigenvalue weighted by molar-refractivity contribution is 5.93. The summed E-state index contributed by atoms with van der Waals surface area (Å²) in [7, 11) is 1.80. The van der Waals surface area contributed by atoms with E-state index in [0.717, 1.165) is 37.2 Å². The number of nitrogens with one attached hydrogen (secondary N) is 1. The van der Waals surface area contributed by atoms with E-state index in [9.17, 15) is 27.2 Å². The van der Waals surface area contributed by atoms with E-state index < -0.39 is 36.7 Å². The van der Waals surface area contributed by atoms with Gasteiger partial charge in [-0.15, -0.1) is 0 Å². The van der Waals surface area contributed by atoms with Crippen LogP contribution >= 0.6 is 0 Å². The second-order valence-electron chi connectivity index (χ2n) is 8.14. The summed E-state index contributed by atoms with van der Waals surface area (Å²) in [5.74, 6) is -1.74. The Balaban J connectivity index is 1.56. The summed E-state index contributed by atoms with van der Waals surface area (Å²) in [5.41, 5.74) is 1.98. The fourth-order valence-electron chi connectivity index (χ4n) is 4.13. The summed E-state index contributed by atoms with van der Waals surface area (Å²) in [5, 5.41) is 6.86. The lowest BCUT2D eigenvalue weighted by Crippen LogP contribution is -2.37. The summed E-state index contributed by atoms with van der Waals surface area (Å²) in [6.07, 6.45) is 0.508. The van der Waals surface area contributed by atoms with E-state index >= 15 is 0 Å². The monoisotopic (exact) mass is 498 g/mol. The molecule has 0 fully saturated rings. The minimum absolute atomic E-state index is 0.0792. The predicted octanol–water partition coefficient (Wildman–Crippen LogP) is 3.56. The van der Waals surface area contributed by atoms with E-state index in [4.69, 9.17) is 0 Å². The third-order valence-corrected chi connectivity index (χ3v) is 5.80. The maximum absolute atomic E-state index is 14.8. The molecule has 0 spiro atoms. The molecule has 0 atom stereocenters. The molecule has 1 N–H and O–H groups in total. The van der Waals surface area contributed by atoms with Gasteiger partial charge in [0, 0.05) is 24.2 Å². The van der Waals surface area contributed by atoms with Crippen molar-refractivity contribution in [2.24, 2.45) is 7.05 Å². The van der Waals surface area contributed by atoms with E-state index in [1.165, 1.54) is 12.1 Å². The number of fused-ring (bicyclic) bond motifs is 2. The van der Waals surface area contributed by atoms with Crippen LogP contribution in [0.25, 0.3) is 38.8 Å². The van der Waals surface area contributed by atoms with E-state index in [0.29, 0.717) is 5.69 Å². The van der Waals surface area contributed by atoms with Gasteiger partial charge in [0.25, 0.3) is 0 Å². The fraction of sp³-hybridized carbons (Fsp3) is 0.167. The number of aryl methyl sites for hydroxylation is 1. The molecule has 12 heteroatoms. The quantitative estimate of drug-likeness (QED) is 0.376. The van der Waals surface area contributed by atoms with Crippen LogP contribution in [-0.2, 0) is 18.4 Å². The number of aromatic nitrogens is 5. The first kappa shape index (κ1) is 23.3. The van der Waals surface area contributed by atoms with Crippen LogP contribution in [0.2, 0.25) is 0 Å². The highest BCUT2D eigenvalue weighted by atomic mass is 19.4. The number of rotatable bonds is 5. The molecule has 36 heavy (non-hydrogen) atoms. The molecule has 0 aliphatic carbocycles. The molecule has 0 aliphatic heterocycles. The molecule has 2 aromatic carbocycles. The van der Waals surface area contributed by atoms with Crippen LogP contribution in [-0.4, -0.2) is 42.5 Å². The highest BCUT2D eigenvalue weighted by Gasteiger charge is 2.28. The van der Waals surface area contributed by atoms with Crippen molar-refractivity contribution in [2.45, 2.75) is 12.7 Å². The zero-order valence-electron chi connectivity index (χ0n) is 18.8. The number of hydrogen-bond acceptors (Lipinski definition) is 4. The van der Waals surface area contributed by atoms with Crippen molar-refractivity contribution in [1.29, 1.82) is 0 Å². The van der Waals surface area contributed by atoms with Crippen molar-refractivity contribution in [2.75, 3.05) is 6.54 Å². The number of hydrogen-bond donors (Lipinski definition) is 1. The molecule has 5 aromatic rings. The molecule has 3 heterocycles. The van der Waals surface area contributed by atoms with Crippen LogP contribution in [0.4, 0.5) is 17.6 Å². The number of para-hydroxylation sites is 1. The first-order valence-corrected chi connectivity index (χ1v) is 10.7. The third-order valence-electron chi connectivity index (χ3n) is 5.80. The SMILES string of the molecule is Cn1ncc2c(-c3ccc(-n4c(=O)n(CC(=O)NCC(F)(F)F)c5cccc(F)c54)cc3)cncc21. The standard InChI is InChI=1S/C24H18F4N6O2/c1-32-20-11-29-9-16(17(20)10-31-32)14-5-7-15(8-6-14)34-22-18(25)3-2-4-19(22)33(23(34)36)12-21(35)30-13-24(26,27)28/h2-11H,12-13H2,1H3,(H,30,35). The fourth-order valence-corrected chi connectivity index (χ4v) is 4.13. The Morgan fingerprint density at radius 1 is 1.03 bits per heavy atom. The Labute approximate surface area is 200 Å². The van der Waals surface area contributed by atoms with Crippen molar-refractivity contribution in [3.8, 4) is 16.8 Å². The average molecular weight is 498 g/mol. The van der Waals surface area contributed by atoms with Gasteiger partial charge in [0.15, 0.2) is 0 Å². The molecule has 1 amide bonds. The molecular formula is C24H18F4N6O2. The van der Waals surface area contributed by atoms with Gasteiger partial charge in [0.1, 0.15) is 24.4 Å². The van der Waals surface area contributed by atoms with Crippen molar-refractivity contribution >= 4 is 27.8 Å². The minimum atomic E-state index is -4.60. The molecule has 0 radical (unpaired) electrons. The third kappa shape index (κ3) is 4.10. The molecular weight excluding hydrogens is 480 g/mol. The van der Waals surface area contributed by atoms with Crippen LogP contribution in [0.3, 0.4) is 0 Å². The molecule has 3 aromatic heterocycles. The molecule has 0 unspecified atom stereocenters. The molecule has 184 valence electrons. The lowest BCUT2D eigenvalue weighted by Gasteiger charge is -2.08. The van der Waals surface area contributed by atoms with Crippen LogP contribution < -0.4 is 11.0 Å². The number of pyridine rings is 1. The number of benzene rings is 2. The van der Waals surface area contributed by atoms with Gasteiger partial charge in [-0.3, -0.25) is 23.6 Å². The van der Waals surface area contributed by atoms with Gasteiger partial charge in [-0.2, -0.15) is 18.3 Å².